The van der Waals surface area contributed by atoms with E-state index in [9.17, 15) is 4.79 Å². The Kier molecular flexibility index (Phi) is 7.71. The number of rotatable bonds is 10. The van der Waals surface area contributed by atoms with Crippen LogP contribution in [-0.2, 0) is 0 Å². The minimum absolute atomic E-state index is 0.435. The van der Waals surface area contributed by atoms with Crippen LogP contribution in [0.15, 0.2) is 24.3 Å². The van der Waals surface area contributed by atoms with Crippen LogP contribution in [0.4, 0.5) is 0 Å². The molecule has 0 bridgehead atoms. The monoisotopic (exact) mass is 263 g/mol. The van der Waals surface area contributed by atoms with E-state index >= 15 is 0 Å². The highest BCUT2D eigenvalue weighted by Gasteiger charge is 2.07. The molecular formula is C16H25NO2. The summed E-state index contributed by atoms with van der Waals surface area (Å²) in [7, 11) is 0. The molecule has 19 heavy (non-hydrogen) atoms. The molecule has 0 fully saturated rings. The molecular weight excluding hydrogens is 238 g/mol. The smallest absolute Gasteiger partial charge is 0.252 e. The Morgan fingerprint density at radius 1 is 1.05 bits per heavy atom. The van der Waals surface area contributed by atoms with Crippen LogP contribution < -0.4 is 10.5 Å². The maximum atomic E-state index is 11.2. The topological polar surface area (TPSA) is 52.3 Å². The first kappa shape index (κ1) is 15.5. The van der Waals surface area contributed by atoms with Crippen molar-refractivity contribution in [3.63, 3.8) is 0 Å². The average Bonchev–Trinajstić information content (AvgIpc) is 2.42. The Labute approximate surface area is 116 Å². The van der Waals surface area contributed by atoms with Crippen molar-refractivity contribution in [3.05, 3.63) is 29.8 Å². The Morgan fingerprint density at radius 3 is 2.37 bits per heavy atom. The van der Waals surface area contributed by atoms with Gasteiger partial charge in [0, 0.05) is 0 Å². The van der Waals surface area contributed by atoms with Crippen molar-refractivity contribution in [1.82, 2.24) is 0 Å². The summed E-state index contributed by atoms with van der Waals surface area (Å²) in [5.41, 5.74) is 5.76. The van der Waals surface area contributed by atoms with Gasteiger partial charge < -0.3 is 10.5 Å². The number of primary amides is 1. The molecule has 1 amide bonds. The Morgan fingerprint density at radius 2 is 1.68 bits per heavy atom. The number of hydrogen-bond acceptors (Lipinski definition) is 2. The van der Waals surface area contributed by atoms with Gasteiger partial charge in [0.2, 0.25) is 0 Å². The summed E-state index contributed by atoms with van der Waals surface area (Å²) in [6.07, 6.45) is 8.74. The van der Waals surface area contributed by atoms with Crippen molar-refractivity contribution in [2.75, 3.05) is 6.61 Å². The number of nitrogens with two attached hydrogens (primary N) is 1. The normalized spacial score (nSPS) is 10.4. The molecule has 0 heterocycles. The van der Waals surface area contributed by atoms with Gasteiger partial charge in [-0.05, 0) is 18.6 Å². The predicted octanol–water partition coefficient (Wildman–Crippen LogP) is 3.91. The molecule has 0 atom stereocenters. The predicted molar refractivity (Wildman–Crippen MR) is 78.4 cm³/mol. The number of unbranched alkanes of at least 4 members (excludes halogenated alkanes) is 6. The number of carbonyl (C=O) groups excluding carboxylic acids is 1. The molecule has 0 aromatic heterocycles. The van der Waals surface area contributed by atoms with E-state index < -0.39 is 5.91 Å². The summed E-state index contributed by atoms with van der Waals surface area (Å²) in [6, 6.07) is 7.14. The number of amides is 1. The highest BCUT2D eigenvalue weighted by molar-refractivity contribution is 5.95. The molecule has 0 aliphatic heterocycles. The third-order valence-electron chi connectivity index (χ3n) is 3.16. The molecule has 0 saturated carbocycles. The zero-order valence-electron chi connectivity index (χ0n) is 11.9. The summed E-state index contributed by atoms with van der Waals surface area (Å²) in [6.45, 7) is 2.88. The molecule has 0 radical (unpaired) electrons. The number of hydrogen-bond donors (Lipinski definition) is 1. The average molecular weight is 263 g/mol. The van der Waals surface area contributed by atoms with E-state index in [4.69, 9.17) is 10.5 Å². The summed E-state index contributed by atoms with van der Waals surface area (Å²) >= 11 is 0. The highest BCUT2D eigenvalue weighted by Crippen LogP contribution is 2.17. The van der Waals surface area contributed by atoms with Crippen molar-refractivity contribution < 1.29 is 9.53 Å². The minimum atomic E-state index is -0.435. The van der Waals surface area contributed by atoms with E-state index in [1.807, 2.05) is 6.07 Å². The van der Waals surface area contributed by atoms with Crippen LogP contribution in [0.3, 0.4) is 0 Å². The lowest BCUT2D eigenvalue weighted by molar-refractivity contribution is 0.0996. The van der Waals surface area contributed by atoms with E-state index in [0.717, 1.165) is 6.42 Å². The van der Waals surface area contributed by atoms with Crippen LogP contribution in [0.5, 0.6) is 5.75 Å². The van der Waals surface area contributed by atoms with Gasteiger partial charge in [-0.15, -0.1) is 0 Å². The van der Waals surface area contributed by atoms with Gasteiger partial charge in [-0.2, -0.15) is 0 Å². The minimum Gasteiger partial charge on any atom is -0.493 e. The Balaban J connectivity index is 2.17. The molecule has 0 spiro atoms. The fourth-order valence-corrected chi connectivity index (χ4v) is 2.04. The van der Waals surface area contributed by atoms with E-state index in [0.29, 0.717) is 17.9 Å². The highest BCUT2D eigenvalue weighted by atomic mass is 16.5. The lowest BCUT2D eigenvalue weighted by atomic mass is 10.1. The molecule has 0 aliphatic rings. The second-order valence-electron chi connectivity index (χ2n) is 4.83. The SMILES string of the molecule is CCCCCCCCCOc1ccccc1C(N)=O. The van der Waals surface area contributed by atoms with E-state index in [-0.39, 0.29) is 0 Å². The lowest BCUT2D eigenvalue weighted by Gasteiger charge is -2.09. The largest absolute Gasteiger partial charge is 0.493 e. The zero-order valence-corrected chi connectivity index (χ0v) is 11.9. The van der Waals surface area contributed by atoms with Crippen molar-refractivity contribution in [3.8, 4) is 5.75 Å². The molecule has 2 N–H and O–H groups in total. The fraction of sp³-hybridized carbons (Fsp3) is 0.562. The Hall–Kier alpha value is -1.51. The zero-order chi connectivity index (χ0) is 13.9. The molecule has 3 nitrogen and oxygen atoms in total. The van der Waals surface area contributed by atoms with Gasteiger partial charge >= 0.3 is 0 Å². The maximum Gasteiger partial charge on any atom is 0.252 e. The molecule has 0 unspecified atom stereocenters. The standard InChI is InChI=1S/C16H25NO2/c1-2-3-4-5-6-7-10-13-19-15-12-9-8-11-14(15)16(17)18/h8-9,11-12H,2-7,10,13H2,1H3,(H2,17,18). The number of para-hydroxylation sites is 1. The molecule has 106 valence electrons. The van der Waals surface area contributed by atoms with Crippen LogP contribution in [0.1, 0.15) is 62.2 Å². The van der Waals surface area contributed by atoms with Gasteiger partial charge in [-0.3, -0.25) is 4.79 Å². The molecule has 3 heteroatoms. The van der Waals surface area contributed by atoms with E-state index in [2.05, 4.69) is 6.92 Å². The van der Waals surface area contributed by atoms with E-state index in [1.54, 1.807) is 18.2 Å². The molecule has 0 saturated heterocycles. The van der Waals surface area contributed by atoms with Gasteiger partial charge in [0.15, 0.2) is 0 Å². The summed E-state index contributed by atoms with van der Waals surface area (Å²) < 4.78 is 5.63. The first-order valence-electron chi connectivity index (χ1n) is 7.27. The molecule has 1 aromatic rings. The molecule has 1 rings (SSSR count). The van der Waals surface area contributed by atoms with Crippen molar-refractivity contribution in [2.24, 2.45) is 5.73 Å². The van der Waals surface area contributed by atoms with Crippen LogP contribution in [0.25, 0.3) is 0 Å². The van der Waals surface area contributed by atoms with E-state index in [1.165, 1.54) is 38.5 Å². The summed E-state index contributed by atoms with van der Waals surface area (Å²) in [5.74, 6) is 0.163. The summed E-state index contributed by atoms with van der Waals surface area (Å²) in [4.78, 5) is 11.2. The third kappa shape index (κ3) is 6.27. The van der Waals surface area contributed by atoms with Gasteiger partial charge in [0.05, 0.1) is 12.2 Å². The summed E-state index contributed by atoms with van der Waals surface area (Å²) in [5, 5.41) is 0. The molecule has 1 aromatic carbocycles. The fourth-order valence-electron chi connectivity index (χ4n) is 2.04. The van der Waals surface area contributed by atoms with Crippen molar-refractivity contribution in [2.45, 2.75) is 51.9 Å². The number of carbonyl (C=O) groups is 1. The van der Waals surface area contributed by atoms with Gasteiger partial charge in [-0.1, -0.05) is 57.6 Å². The number of ether oxygens (including phenoxy) is 1. The van der Waals surface area contributed by atoms with Gasteiger partial charge in [0.25, 0.3) is 5.91 Å². The third-order valence-corrected chi connectivity index (χ3v) is 3.16. The van der Waals surface area contributed by atoms with Crippen molar-refractivity contribution in [1.29, 1.82) is 0 Å². The molecule has 0 aliphatic carbocycles. The second-order valence-corrected chi connectivity index (χ2v) is 4.83. The lowest BCUT2D eigenvalue weighted by Crippen LogP contribution is -2.13. The first-order valence-corrected chi connectivity index (χ1v) is 7.27. The van der Waals surface area contributed by atoms with Gasteiger partial charge in [-0.25, -0.2) is 0 Å². The van der Waals surface area contributed by atoms with Gasteiger partial charge in [0.1, 0.15) is 5.75 Å². The van der Waals surface area contributed by atoms with Crippen LogP contribution in [-0.4, -0.2) is 12.5 Å². The van der Waals surface area contributed by atoms with Crippen LogP contribution in [0, 0.1) is 0 Å². The Bertz CT molecular complexity index is 377. The quantitative estimate of drug-likeness (QED) is 0.650. The number of benzene rings is 1. The first-order chi connectivity index (χ1) is 9.25. The second kappa shape index (κ2) is 9.42. The van der Waals surface area contributed by atoms with Crippen LogP contribution >= 0.6 is 0 Å². The maximum absolute atomic E-state index is 11.2. The van der Waals surface area contributed by atoms with Crippen LogP contribution in [0.2, 0.25) is 0 Å². The van der Waals surface area contributed by atoms with Crippen molar-refractivity contribution >= 4 is 5.91 Å².